The van der Waals surface area contributed by atoms with Gasteiger partial charge in [0.1, 0.15) is 0 Å². The summed E-state index contributed by atoms with van der Waals surface area (Å²) in [7, 11) is -3.45. The predicted molar refractivity (Wildman–Crippen MR) is 72.8 cm³/mol. The minimum Gasteiger partial charge on any atom is -0.274 e. The van der Waals surface area contributed by atoms with E-state index in [-0.39, 0.29) is 23.0 Å². The van der Waals surface area contributed by atoms with E-state index < -0.39 is 10.0 Å². The molecule has 3 fully saturated rings. The van der Waals surface area contributed by atoms with E-state index in [2.05, 4.69) is 4.72 Å². The lowest BCUT2D eigenvalue weighted by Gasteiger charge is -2.31. The van der Waals surface area contributed by atoms with Crippen molar-refractivity contribution in [1.82, 2.24) is 4.72 Å². The highest BCUT2D eigenvalue weighted by Crippen LogP contribution is 2.47. The number of rotatable bonds is 4. The van der Waals surface area contributed by atoms with Crippen molar-refractivity contribution in [1.29, 1.82) is 0 Å². The smallest absolute Gasteiger partial charge is 0.238 e. The molecule has 0 radical (unpaired) electrons. The molecule has 0 heterocycles. The number of sulfonamides is 1. The maximum Gasteiger partial charge on any atom is 0.238 e. The van der Waals surface area contributed by atoms with Gasteiger partial charge in [-0.05, 0) is 49.9 Å². The van der Waals surface area contributed by atoms with Crippen molar-refractivity contribution in [3.05, 3.63) is 0 Å². The molecule has 1 N–H and O–H groups in total. The highest BCUT2D eigenvalue weighted by molar-refractivity contribution is 7.90. The number of carbonyl (C=O) groups excluding carboxylic acids is 1. The molecule has 0 saturated heterocycles. The minimum absolute atomic E-state index is 0.165. The van der Waals surface area contributed by atoms with Gasteiger partial charge in [-0.25, -0.2) is 8.42 Å². The molecular weight excluding hydrogens is 262 g/mol. The van der Waals surface area contributed by atoms with Crippen LogP contribution in [-0.2, 0) is 14.8 Å². The Balaban J connectivity index is 1.63. The van der Waals surface area contributed by atoms with Gasteiger partial charge in [-0.1, -0.05) is 19.8 Å². The van der Waals surface area contributed by atoms with E-state index in [1.807, 2.05) is 6.92 Å². The lowest BCUT2D eigenvalue weighted by atomic mass is 9.76. The van der Waals surface area contributed by atoms with Gasteiger partial charge < -0.3 is 0 Å². The fraction of sp³-hybridized carbons (Fsp3) is 0.929. The third-order valence-corrected chi connectivity index (χ3v) is 7.45. The molecule has 3 saturated carbocycles. The molecule has 0 aromatic heterocycles. The van der Waals surface area contributed by atoms with Crippen LogP contribution in [0.4, 0.5) is 0 Å². The van der Waals surface area contributed by atoms with E-state index in [0.717, 1.165) is 32.1 Å². The Labute approximate surface area is 115 Å². The van der Waals surface area contributed by atoms with Crippen LogP contribution >= 0.6 is 0 Å². The summed E-state index contributed by atoms with van der Waals surface area (Å²) in [5.41, 5.74) is 0. The second-order valence-corrected chi connectivity index (χ2v) is 8.60. The number of amides is 1. The van der Waals surface area contributed by atoms with Crippen LogP contribution in [0.2, 0.25) is 0 Å². The van der Waals surface area contributed by atoms with E-state index in [0.29, 0.717) is 11.8 Å². The molecule has 108 valence electrons. The Bertz CT molecular complexity index is 469. The van der Waals surface area contributed by atoms with Crippen LogP contribution in [0.1, 0.15) is 51.9 Å². The molecule has 2 bridgehead atoms. The number of carbonyl (C=O) groups is 1. The normalized spacial score (nSPS) is 35.9. The maximum atomic E-state index is 12.3. The minimum atomic E-state index is -3.45. The largest absolute Gasteiger partial charge is 0.274 e. The first kappa shape index (κ1) is 13.4. The van der Waals surface area contributed by atoms with Gasteiger partial charge in [0, 0.05) is 5.92 Å². The average molecular weight is 285 g/mol. The van der Waals surface area contributed by atoms with Crippen molar-refractivity contribution in [3.63, 3.8) is 0 Å². The Kier molecular flexibility index (Phi) is 3.36. The molecular formula is C14H23NO3S. The van der Waals surface area contributed by atoms with Crippen LogP contribution in [0.15, 0.2) is 0 Å². The number of nitrogens with one attached hydrogen (secondary N) is 1. The Morgan fingerprint density at radius 1 is 1.16 bits per heavy atom. The Morgan fingerprint density at radius 3 is 2.37 bits per heavy atom. The van der Waals surface area contributed by atoms with E-state index >= 15 is 0 Å². The fourth-order valence-electron chi connectivity index (χ4n) is 4.03. The number of fused-ring (bicyclic) bond motifs is 2. The summed E-state index contributed by atoms with van der Waals surface area (Å²) in [5, 5.41) is -0.316. The van der Waals surface area contributed by atoms with Crippen LogP contribution in [0.25, 0.3) is 0 Å². The van der Waals surface area contributed by atoms with E-state index in [1.54, 1.807) is 0 Å². The van der Waals surface area contributed by atoms with Gasteiger partial charge in [0.25, 0.3) is 0 Å². The highest BCUT2D eigenvalue weighted by Gasteiger charge is 2.47. The topological polar surface area (TPSA) is 63.2 Å². The van der Waals surface area contributed by atoms with Gasteiger partial charge in [-0.15, -0.1) is 0 Å². The summed E-state index contributed by atoms with van der Waals surface area (Å²) in [6, 6.07) is 0. The standard InChI is InChI=1S/C14H23NO3S/c1-9(11-3-2-4-11)14(16)15-19(17,18)13-8-10-5-6-12(13)7-10/h9-13H,2-8H2,1H3,(H,15,16)/t9?,10-,12+,13?/m1/s1. The molecule has 3 aliphatic rings. The summed E-state index contributed by atoms with van der Waals surface area (Å²) >= 11 is 0. The third-order valence-electron chi connectivity index (χ3n) is 5.59. The SMILES string of the molecule is CC(C(=O)NS(=O)(=O)C1C[C@@H]2CC[C@H]1C2)C1CCC1. The molecule has 3 rings (SSSR count). The first-order valence-corrected chi connectivity index (χ1v) is 9.07. The fourth-order valence-corrected chi connectivity index (χ4v) is 5.93. The second kappa shape index (κ2) is 4.76. The summed E-state index contributed by atoms with van der Waals surface area (Å²) in [5.74, 6) is 0.796. The van der Waals surface area contributed by atoms with Crippen LogP contribution in [0, 0.1) is 23.7 Å². The average Bonchev–Trinajstić information content (AvgIpc) is 2.87. The molecule has 0 aliphatic heterocycles. The van der Waals surface area contributed by atoms with E-state index in [1.165, 1.54) is 12.8 Å². The van der Waals surface area contributed by atoms with Gasteiger partial charge in [-0.3, -0.25) is 9.52 Å². The molecule has 5 heteroatoms. The third kappa shape index (κ3) is 2.41. The zero-order chi connectivity index (χ0) is 13.6. The van der Waals surface area contributed by atoms with Gasteiger partial charge in [-0.2, -0.15) is 0 Å². The zero-order valence-corrected chi connectivity index (χ0v) is 12.3. The van der Waals surface area contributed by atoms with Crippen LogP contribution < -0.4 is 4.72 Å². The molecule has 3 aliphatic carbocycles. The molecule has 0 aromatic rings. The van der Waals surface area contributed by atoms with E-state index in [4.69, 9.17) is 0 Å². The second-order valence-electron chi connectivity index (χ2n) is 6.70. The molecule has 0 spiro atoms. The van der Waals surface area contributed by atoms with Gasteiger partial charge in [0.15, 0.2) is 0 Å². The van der Waals surface area contributed by atoms with Crippen molar-refractivity contribution in [2.75, 3.05) is 0 Å². The molecule has 4 nitrogen and oxygen atoms in total. The summed E-state index contributed by atoms with van der Waals surface area (Å²) in [6.45, 7) is 1.86. The molecule has 0 aromatic carbocycles. The monoisotopic (exact) mass is 285 g/mol. The van der Waals surface area contributed by atoms with Crippen LogP contribution in [0.3, 0.4) is 0 Å². The lowest BCUT2D eigenvalue weighted by molar-refractivity contribution is -0.125. The Hall–Kier alpha value is -0.580. The van der Waals surface area contributed by atoms with Gasteiger partial charge in [0.2, 0.25) is 15.9 Å². The predicted octanol–water partition coefficient (Wildman–Crippen LogP) is 2.06. The lowest BCUT2D eigenvalue weighted by Crippen LogP contribution is -2.44. The summed E-state index contributed by atoms with van der Waals surface area (Å²) < 4.78 is 27.0. The number of hydrogen-bond donors (Lipinski definition) is 1. The van der Waals surface area contributed by atoms with Crippen LogP contribution in [-0.4, -0.2) is 19.6 Å². The first-order valence-electron chi connectivity index (χ1n) is 7.53. The van der Waals surface area contributed by atoms with Crippen LogP contribution in [0.5, 0.6) is 0 Å². The van der Waals surface area contributed by atoms with Gasteiger partial charge >= 0.3 is 0 Å². The van der Waals surface area contributed by atoms with E-state index in [9.17, 15) is 13.2 Å². The van der Waals surface area contributed by atoms with Crippen molar-refractivity contribution in [3.8, 4) is 0 Å². The zero-order valence-electron chi connectivity index (χ0n) is 11.5. The molecule has 1 amide bonds. The first-order chi connectivity index (χ1) is 8.97. The highest BCUT2D eigenvalue weighted by atomic mass is 32.2. The molecule has 19 heavy (non-hydrogen) atoms. The Morgan fingerprint density at radius 2 is 1.89 bits per heavy atom. The van der Waals surface area contributed by atoms with Crippen molar-refractivity contribution in [2.45, 2.75) is 57.1 Å². The summed E-state index contributed by atoms with van der Waals surface area (Å²) in [6.07, 6.45) is 7.27. The van der Waals surface area contributed by atoms with Crippen molar-refractivity contribution < 1.29 is 13.2 Å². The molecule has 4 atom stereocenters. The van der Waals surface area contributed by atoms with Crippen molar-refractivity contribution >= 4 is 15.9 Å². The molecule has 2 unspecified atom stereocenters. The van der Waals surface area contributed by atoms with Crippen molar-refractivity contribution in [2.24, 2.45) is 23.7 Å². The summed E-state index contributed by atoms with van der Waals surface area (Å²) in [4.78, 5) is 12.1. The van der Waals surface area contributed by atoms with Gasteiger partial charge in [0.05, 0.1) is 5.25 Å². The quantitative estimate of drug-likeness (QED) is 0.860. The number of hydrogen-bond acceptors (Lipinski definition) is 3. The maximum absolute atomic E-state index is 12.3.